The molecule has 1 aromatic rings. The van der Waals surface area contributed by atoms with Crippen LogP contribution in [0.1, 0.15) is 49.1 Å². The summed E-state index contributed by atoms with van der Waals surface area (Å²) in [6.07, 6.45) is 1.72. The Hall–Kier alpha value is -0.680. The third-order valence-electron chi connectivity index (χ3n) is 6.21. The van der Waals surface area contributed by atoms with Gasteiger partial charge in [-0.1, -0.05) is 12.1 Å². The molecule has 0 N–H and O–H groups in total. The maximum atomic E-state index is 12.7. The second-order valence-electron chi connectivity index (χ2n) is 7.84. The van der Waals surface area contributed by atoms with Crippen LogP contribution in [0.4, 0.5) is 13.2 Å². The summed E-state index contributed by atoms with van der Waals surface area (Å²) in [4.78, 5) is 2.70. The van der Waals surface area contributed by atoms with E-state index in [0.29, 0.717) is 17.4 Å². The molecule has 3 fully saturated rings. The average molecular weight is 355 g/mol. The van der Waals surface area contributed by atoms with Gasteiger partial charge in [-0.25, -0.2) is 0 Å². The lowest BCUT2D eigenvalue weighted by Crippen LogP contribution is -2.42. The number of thioether (sulfide) groups is 1. The van der Waals surface area contributed by atoms with Crippen molar-refractivity contribution in [3.63, 3.8) is 0 Å². The summed E-state index contributed by atoms with van der Waals surface area (Å²) in [7, 11) is 0. The van der Waals surface area contributed by atoms with Crippen LogP contribution < -0.4 is 0 Å². The molecule has 132 valence electrons. The number of halogens is 3. The van der Waals surface area contributed by atoms with Crippen molar-refractivity contribution in [2.75, 3.05) is 24.6 Å². The molecule has 2 aliphatic heterocycles. The maximum Gasteiger partial charge on any atom is 0.416 e. The van der Waals surface area contributed by atoms with Gasteiger partial charge in [0.05, 0.1) is 5.56 Å². The molecule has 5 heteroatoms. The van der Waals surface area contributed by atoms with E-state index >= 15 is 0 Å². The van der Waals surface area contributed by atoms with E-state index in [0.717, 1.165) is 18.4 Å². The molecule has 1 nitrogen and oxygen atoms in total. The molecular formula is C19H24F3NS. The Labute approximate surface area is 146 Å². The fourth-order valence-corrected chi connectivity index (χ4v) is 5.88. The van der Waals surface area contributed by atoms with E-state index in [9.17, 15) is 13.2 Å². The van der Waals surface area contributed by atoms with Crippen molar-refractivity contribution in [2.24, 2.45) is 5.41 Å². The topological polar surface area (TPSA) is 3.24 Å². The minimum absolute atomic E-state index is 0.430. The molecule has 4 rings (SSSR count). The molecule has 2 saturated heterocycles. The first-order valence-electron chi connectivity index (χ1n) is 8.94. The predicted molar refractivity (Wildman–Crippen MR) is 92.4 cm³/mol. The van der Waals surface area contributed by atoms with Gasteiger partial charge in [0.2, 0.25) is 0 Å². The van der Waals surface area contributed by atoms with Crippen molar-refractivity contribution in [3.8, 4) is 0 Å². The highest BCUT2D eigenvalue weighted by atomic mass is 32.2. The van der Waals surface area contributed by atoms with Gasteiger partial charge < -0.3 is 0 Å². The molecular weight excluding hydrogens is 331 g/mol. The number of hydrogen-bond donors (Lipinski definition) is 0. The zero-order valence-corrected chi connectivity index (χ0v) is 14.6. The number of hydrogen-bond acceptors (Lipinski definition) is 2. The van der Waals surface area contributed by atoms with Crippen molar-refractivity contribution >= 4 is 11.8 Å². The lowest BCUT2D eigenvalue weighted by molar-refractivity contribution is -0.137. The van der Waals surface area contributed by atoms with Crippen LogP contribution in [0.15, 0.2) is 24.3 Å². The predicted octanol–water partition coefficient (Wildman–Crippen LogP) is 5.17. The van der Waals surface area contributed by atoms with Crippen LogP contribution in [0.5, 0.6) is 0 Å². The fraction of sp³-hybridized carbons (Fsp3) is 0.684. The van der Waals surface area contributed by atoms with Gasteiger partial charge in [-0.3, -0.25) is 4.90 Å². The standard InChI is InChI=1S/C19H24F3NS/c20-19(21,22)16-5-1-14(2-6-16)15-3-7-17(8-4-15)23-10-9-18(11-23)12-24-13-18/h1-2,5-6,15,17H,3-4,7-13H2. The number of alkyl halides is 3. The monoisotopic (exact) mass is 355 g/mol. The quantitative estimate of drug-likeness (QED) is 0.720. The normalized spacial score (nSPS) is 30.5. The molecule has 2 heterocycles. The Bertz CT molecular complexity index is 571. The van der Waals surface area contributed by atoms with Gasteiger partial charge in [0, 0.05) is 29.5 Å². The van der Waals surface area contributed by atoms with Crippen LogP contribution in [0, 0.1) is 5.41 Å². The van der Waals surface area contributed by atoms with Gasteiger partial charge in [0.25, 0.3) is 0 Å². The van der Waals surface area contributed by atoms with Gasteiger partial charge in [0.15, 0.2) is 0 Å². The Balaban J connectivity index is 1.33. The van der Waals surface area contributed by atoms with Crippen LogP contribution in [-0.4, -0.2) is 35.5 Å². The van der Waals surface area contributed by atoms with Gasteiger partial charge in [-0.05, 0) is 62.3 Å². The third kappa shape index (κ3) is 3.22. The Morgan fingerprint density at radius 3 is 2.17 bits per heavy atom. The fourth-order valence-electron chi connectivity index (χ4n) is 4.63. The highest BCUT2D eigenvalue weighted by Crippen LogP contribution is 2.47. The van der Waals surface area contributed by atoms with E-state index in [1.807, 2.05) is 0 Å². The molecule has 24 heavy (non-hydrogen) atoms. The molecule has 0 aromatic heterocycles. The Kier molecular flexibility index (Phi) is 4.36. The summed E-state index contributed by atoms with van der Waals surface area (Å²) < 4.78 is 38.0. The maximum absolute atomic E-state index is 12.7. The molecule has 1 aromatic carbocycles. The summed E-state index contributed by atoms with van der Waals surface area (Å²) in [6, 6.07) is 6.54. The molecule has 1 saturated carbocycles. The molecule has 0 radical (unpaired) electrons. The van der Waals surface area contributed by atoms with E-state index in [1.54, 1.807) is 12.1 Å². The number of likely N-dealkylation sites (tertiary alicyclic amines) is 1. The molecule has 0 amide bonds. The summed E-state index contributed by atoms with van der Waals surface area (Å²) in [5.41, 5.74) is 1.16. The van der Waals surface area contributed by atoms with Crippen molar-refractivity contribution in [1.82, 2.24) is 4.90 Å². The molecule has 1 spiro atoms. The molecule has 0 atom stereocenters. The van der Waals surface area contributed by atoms with Crippen molar-refractivity contribution in [3.05, 3.63) is 35.4 Å². The SMILES string of the molecule is FC(F)(F)c1ccc(C2CCC(N3CCC4(CSC4)C3)CC2)cc1. The number of nitrogens with zero attached hydrogens (tertiary/aromatic N) is 1. The van der Waals surface area contributed by atoms with E-state index in [2.05, 4.69) is 16.7 Å². The van der Waals surface area contributed by atoms with E-state index in [-0.39, 0.29) is 0 Å². The Morgan fingerprint density at radius 1 is 1.00 bits per heavy atom. The van der Waals surface area contributed by atoms with Gasteiger partial charge in [0.1, 0.15) is 0 Å². The van der Waals surface area contributed by atoms with E-state index < -0.39 is 11.7 Å². The second kappa shape index (κ2) is 6.24. The summed E-state index contributed by atoms with van der Waals surface area (Å²) in [5.74, 6) is 3.11. The second-order valence-corrected chi connectivity index (χ2v) is 8.82. The van der Waals surface area contributed by atoms with Crippen LogP contribution in [0.2, 0.25) is 0 Å². The largest absolute Gasteiger partial charge is 0.416 e. The minimum Gasteiger partial charge on any atom is -0.300 e. The first kappa shape index (κ1) is 16.8. The van der Waals surface area contributed by atoms with Crippen LogP contribution in [-0.2, 0) is 6.18 Å². The average Bonchev–Trinajstić information content (AvgIpc) is 3.00. The smallest absolute Gasteiger partial charge is 0.300 e. The molecule has 1 aliphatic carbocycles. The molecule has 3 aliphatic rings. The minimum atomic E-state index is -4.23. The highest BCUT2D eigenvalue weighted by Gasteiger charge is 2.45. The third-order valence-corrected chi connectivity index (χ3v) is 7.84. The lowest BCUT2D eigenvalue weighted by atomic mass is 9.81. The van der Waals surface area contributed by atoms with Crippen molar-refractivity contribution in [1.29, 1.82) is 0 Å². The first-order chi connectivity index (χ1) is 11.5. The van der Waals surface area contributed by atoms with Crippen molar-refractivity contribution in [2.45, 2.75) is 50.2 Å². The molecule has 0 unspecified atom stereocenters. The highest BCUT2D eigenvalue weighted by molar-refractivity contribution is 8.00. The number of benzene rings is 1. The first-order valence-corrected chi connectivity index (χ1v) is 10.1. The lowest BCUT2D eigenvalue weighted by Gasteiger charge is -2.40. The zero-order valence-electron chi connectivity index (χ0n) is 13.8. The van der Waals surface area contributed by atoms with Crippen LogP contribution in [0.3, 0.4) is 0 Å². The van der Waals surface area contributed by atoms with E-state index in [1.165, 1.54) is 56.0 Å². The van der Waals surface area contributed by atoms with E-state index in [4.69, 9.17) is 0 Å². The van der Waals surface area contributed by atoms with Crippen molar-refractivity contribution < 1.29 is 13.2 Å². The Morgan fingerprint density at radius 2 is 1.67 bits per heavy atom. The number of rotatable bonds is 2. The summed E-state index contributed by atoms with van der Waals surface area (Å²) in [5, 5.41) is 0. The van der Waals surface area contributed by atoms with Gasteiger partial charge in [-0.2, -0.15) is 24.9 Å². The zero-order chi connectivity index (χ0) is 16.8. The van der Waals surface area contributed by atoms with Crippen LogP contribution in [0.25, 0.3) is 0 Å². The van der Waals surface area contributed by atoms with Gasteiger partial charge >= 0.3 is 6.18 Å². The van der Waals surface area contributed by atoms with Gasteiger partial charge in [-0.15, -0.1) is 0 Å². The van der Waals surface area contributed by atoms with Crippen LogP contribution >= 0.6 is 11.8 Å². The molecule has 0 bridgehead atoms. The summed E-state index contributed by atoms with van der Waals surface area (Å²) in [6.45, 7) is 2.52. The summed E-state index contributed by atoms with van der Waals surface area (Å²) >= 11 is 2.08.